The Balaban J connectivity index is 1.65. The van der Waals surface area contributed by atoms with Crippen molar-refractivity contribution in [2.75, 3.05) is 0 Å². The first kappa shape index (κ1) is 21.4. The van der Waals surface area contributed by atoms with E-state index in [1.807, 2.05) is 54.6 Å². The minimum Gasteiger partial charge on any atom is -0.309 e. The van der Waals surface area contributed by atoms with Gasteiger partial charge < -0.3 is 4.57 Å². The number of hydrogen-bond donors (Lipinski definition) is 0. The Morgan fingerprint density at radius 1 is 0.667 bits per heavy atom. The van der Waals surface area contributed by atoms with Crippen molar-refractivity contribution in [1.29, 1.82) is 5.26 Å². The van der Waals surface area contributed by atoms with E-state index in [-0.39, 0.29) is 11.3 Å². The van der Waals surface area contributed by atoms with Crippen molar-refractivity contribution in [3.05, 3.63) is 132 Å². The summed E-state index contributed by atoms with van der Waals surface area (Å²) in [6.07, 6.45) is 0. The largest absolute Gasteiger partial charge is 0.309 e. The second kappa shape index (κ2) is 8.55. The van der Waals surface area contributed by atoms with Crippen LogP contribution in [-0.2, 0) is 0 Å². The van der Waals surface area contributed by atoms with Crippen LogP contribution in [0, 0.1) is 23.7 Å². The number of hydrogen-bond acceptors (Lipinski definition) is 1. The lowest BCUT2D eigenvalue weighted by Crippen LogP contribution is -1.94. The zero-order valence-electron chi connectivity index (χ0n) is 19.1. The van der Waals surface area contributed by atoms with Gasteiger partial charge in [-0.05, 0) is 58.7 Å². The molecule has 1 heterocycles. The fourth-order valence-corrected chi connectivity index (χ4v) is 4.80. The van der Waals surface area contributed by atoms with E-state index >= 15 is 0 Å². The minimum atomic E-state index is -0.774. The van der Waals surface area contributed by atoms with Crippen molar-refractivity contribution in [3.8, 4) is 34.0 Å². The molecule has 3 nitrogen and oxygen atoms in total. The fourth-order valence-electron chi connectivity index (χ4n) is 4.80. The number of aromatic nitrogens is 1. The minimum absolute atomic E-state index is 0.130. The van der Waals surface area contributed by atoms with Crippen LogP contribution < -0.4 is 0 Å². The molecule has 0 radical (unpaired) electrons. The van der Waals surface area contributed by atoms with Gasteiger partial charge in [-0.3, -0.25) is 0 Å². The highest BCUT2D eigenvalue weighted by molar-refractivity contribution is 6.11. The zero-order chi connectivity index (χ0) is 24.6. The van der Waals surface area contributed by atoms with Gasteiger partial charge in [0.05, 0.1) is 23.2 Å². The van der Waals surface area contributed by atoms with Gasteiger partial charge in [-0.15, -0.1) is 0 Å². The molecule has 168 valence electrons. The molecule has 0 saturated heterocycles. The highest BCUT2D eigenvalue weighted by Crippen LogP contribution is 2.38. The molecule has 0 spiro atoms. The first-order valence-corrected chi connectivity index (χ1v) is 11.5. The van der Waals surface area contributed by atoms with Crippen molar-refractivity contribution >= 4 is 27.5 Å². The first-order chi connectivity index (χ1) is 17.7. The molecule has 5 aromatic carbocycles. The monoisotopic (exact) mass is 463 g/mol. The lowest BCUT2D eigenvalue weighted by Gasteiger charge is -2.10. The van der Waals surface area contributed by atoms with E-state index in [2.05, 4.69) is 57.9 Å². The van der Waals surface area contributed by atoms with Crippen LogP contribution in [0.5, 0.6) is 0 Å². The molecule has 0 saturated carbocycles. The predicted molar refractivity (Wildman–Crippen MR) is 143 cm³/mol. The average Bonchev–Trinajstić information content (AvgIpc) is 3.27. The summed E-state index contributed by atoms with van der Waals surface area (Å²) in [6.45, 7) is 7.33. The Morgan fingerprint density at radius 3 is 1.83 bits per heavy atom. The number of fused-ring (bicyclic) bond motifs is 3. The Kier molecular flexibility index (Phi) is 5.07. The van der Waals surface area contributed by atoms with Crippen LogP contribution in [0.4, 0.5) is 10.1 Å². The second-order valence-corrected chi connectivity index (χ2v) is 8.58. The Hall–Kier alpha value is -5.19. The van der Waals surface area contributed by atoms with Gasteiger partial charge >= 0.3 is 0 Å². The van der Waals surface area contributed by atoms with Crippen molar-refractivity contribution in [3.63, 3.8) is 0 Å². The quantitative estimate of drug-likeness (QED) is 0.242. The standard InChI is InChI=1S/C32H18FN3/c1-35-29-17-24(16-25(20-34)32(29)33)23-13-15-28-27-14-12-22(21-8-4-2-5-9-21)18-30(27)36(31(28)19-23)26-10-6-3-7-11-26/h2-19H. The van der Waals surface area contributed by atoms with Crippen LogP contribution in [0.3, 0.4) is 0 Å². The molecule has 6 aromatic rings. The number of para-hydroxylation sites is 1. The van der Waals surface area contributed by atoms with E-state index < -0.39 is 5.82 Å². The molecular weight excluding hydrogens is 445 g/mol. The molecule has 0 amide bonds. The molecular formula is C32H18FN3. The van der Waals surface area contributed by atoms with Gasteiger partial charge in [-0.2, -0.15) is 5.26 Å². The van der Waals surface area contributed by atoms with E-state index in [0.717, 1.165) is 44.2 Å². The Bertz CT molecular complexity index is 1820. The number of rotatable bonds is 3. The van der Waals surface area contributed by atoms with E-state index in [9.17, 15) is 9.65 Å². The maximum atomic E-state index is 14.4. The Morgan fingerprint density at radius 2 is 1.25 bits per heavy atom. The molecule has 0 fully saturated rings. The maximum Gasteiger partial charge on any atom is 0.224 e. The second-order valence-electron chi connectivity index (χ2n) is 8.58. The third-order valence-electron chi connectivity index (χ3n) is 6.52. The van der Waals surface area contributed by atoms with Gasteiger partial charge in [-0.25, -0.2) is 9.24 Å². The average molecular weight is 464 g/mol. The topological polar surface area (TPSA) is 33.1 Å². The van der Waals surface area contributed by atoms with Gasteiger partial charge in [0, 0.05) is 16.5 Å². The first-order valence-electron chi connectivity index (χ1n) is 11.5. The lowest BCUT2D eigenvalue weighted by atomic mass is 10.00. The van der Waals surface area contributed by atoms with Crippen LogP contribution in [0.2, 0.25) is 0 Å². The lowest BCUT2D eigenvalue weighted by molar-refractivity contribution is 0.630. The maximum absolute atomic E-state index is 14.4. The molecule has 36 heavy (non-hydrogen) atoms. The third-order valence-corrected chi connectivity index (χ3v) is 6.52. The van der Waals surface area contributed by atoms with Crippen LogP contribution in [0.15, 0.2) is 109 Å². The molecule has 0 N–H and O–H groups in total. The molecule has 4 heteroatoms. The van der Waals surface area contributed by atoms with Gasteiger partial charge in [0.15, 0.2) is 0 Å². The van der Waals surface area contributed by atoms with Crippen molar-refractivity contribution in [2.24, 2.45) is 0 Å². The zero-order valence-corrected chi connectivity index (χ0v) is 19.1. The van der Waals surface area contributed by atoms with Gasteiger partial charge in [-0.1, -0.05) is 72.8 Å². The van der Waals surface area contributed by atoms with E-state index in [0.29, 0.717) is 5.56 Å². The molecule has 6 rings (SSSR count). The normalized spacial score (nSPS) is 10.9. The summed E-state index contributed by atoms with van der Waals surface area (Å²) in [5.41, 5.74) is 6.53. The number of halogens is 1. The van der Waals surface area contributed by atoms with Gasteiger partial charge in [0.25, 0.3) is 0 Å². The summed E-state index contributed by atoms with van der Waals surface area (Å²) in [6, 6.07) is 37.9. The predicted octanol–water partition coefficient (Wildman–Crippen LogP) is 8.68. The van der Waals surface area contributed by atoms with E-state index in [4.69, 9.17) is 6.57 Å². The van der Waals surface area contributed by atoms with Gasteiger partial charge in [0.1, 0.15) is 11.9 Å². The van der Waals surface area contributed by atoms with E-state index in [1.165, 1.54) is 12.1 Å². The fraction of sp³-hybridized carbons (Fsp3) is 0. The Labute approximate surface area is 207 Å². The van der Waals surface area contributed by atoms with Gasteiger partial charge in [0.2, 0.25) is 5.69 Å². The summed E-state index contributed by atoms with van der Waals surface area (Å²) >= 11 is 0. The van der Waals surface area contributed by atoms with Crippen LogP contribution in [0.1, 0.15) is 5.56 Å². The third kappa shape index (κ3) is 3.41. The summed E-state index contributed by atoms with van der Waals surface area (Å²) in [7, 11) is 0. The SMILES string of the molecule is [C-]#[N+]c1cc(-c2ccc3c4ccc(-c5ccccc5)cc4n(-c4ccccc4)c3c2)cc(C#N)c1F. The number of benzene rings is 5. The van der Waals surface area contributed by atoms with Crippen LogP contribution >= 0.6 is 0 Å². The molecule has 0 aliphatic carbocycles. The molecule has 0 atom stereocenters. The summed E-state index contributed by atoms with van der Waals surface area (Å²) in [5.74, 6) is -0.774. The summed E-state index contributed by atoms with van der Waals surface area (Å²) in [4.78, 5) is 3.28. The van der Waals surface area contributed by atoms with Crippen molar-refractivity contribution in [2.45, 2.75) is 0 Å². The molecule has 0 unspecified atom stereocenters. The smallest absolute Gasteiger partial charge is 0.224 e. The van der Waals surface area contributed by atoms with Crippen molar-refractivity contribution in [1.82, 2.24) is 4.57 Å². The summed E-state index contributed by atoms with van der Waals surface area (Å²) < 4.78 is 16.6. The number of nitriles is 1. The highest BCUT2D eigenvalue weighted by atomic mass is 19.1. The highest BCUT2D eigenvalue weighted by Gasteiger charge is 2.16. The van der Waals surface area contributed by atoms with Crippen LogP contribution in [0.25, 0.3) is 54.6 Å². The molecule has 0 bridgehead atoms. The molecule has 1 aromatic heterocycles. The van der Waals surface area contributed by atoms with Crippen molar-refractivity contribution < 1.29 is 4.39 Å². The summed E-state index contributed by atoms with van der Waals surface area (Å²) in [5, 5.41) is 11.6. The molecule has 0 aliphatic heterocycles. The van der Waals surface area contributed by atoms with Crippen LogP contribution in [-0.4, -0.2) is 4.57 Å². The molecule has 0 aliphatic rings. The van der Waals surface area contributed by atoms with E-state index in [1.54, 1.807) is 0 Å². The number of nitrogens with zero attached hydrogens (tertiary/aromatic N) is 3.